The Labute approximate surface area is 148 Å². The summed E-state index contributed by atoms with van der Waals surface area (Å²) in [6.07, 6.45) is 0. The van der Waals surface area contributed by atoms with Crippen LogP contribution in [0.3, 0.4) is 0 Å². The fourth-order valence-corrected chi connectivity index (χ4v) is 2.21. The summed E-state index contributed by atoms with van der Waals surface area (Å²) in [5.74, 6) is 0.447. The number of nitrogens with one attached hydrogen (secondary N) is 1. The van der Waals surface area contributed by atoms with Gasteiger partial charge in [-0.25, -0.2) is 9.07 Å². The van der Waals surface area contributed by atoms with Crippen molar-refractivity contribution in [2.24, 2.45) is 7.05 Å². The van der Waals surface area contributed by atoms with E-state index < -0.39 is 0 Å². The van der Waals surface area contributed by atoms with E-state index in [1.807, 2.05) is 12.1 Å². The largest absolute Gasteiger partial charge is 0.457 e. The SMILES string of the molecule is Cn1nc(C(=O)NCc2ccc(Oc3ccc(F)cc3)cc2)ccc1=O. The first kappa shape index (κ1) is 17.3. The number of halogens is 1. The second kappa shape index (κ2) is 7.60. The third-order valence-corrected chi connectivity index (χ3v) is 3.62. The van der Waals surface area contributed by atoms with Gasteiger partial charge in [-0.1, -0.05) is 12.1 Å². The van der Waals surface area contributed by atoms with E-state index in [0.717, 1.165) is 10.2 Å². The Bertz CT molecular complexity index is 967. The molecule has 0 aliphatic rings. The molecule has 7 heteroatoms. The van der Waals surface area contributed by atoms with Gasteiger partial charge in [-0.15, -0.1) is 0 Å². The molecule has 0 aliphatic heterocycles. The number of nitrogens with zero attached hydrogens (tertiary/aromatic N) is 2. The minimum atomic E-state index is -0.368. The standard InChI is InChI=1S/C19H16FN3O3/c1-23-18(24)11-10-17(22-23)19(25)21-12-13-2-6-15(7-3-13)26-16-8-4-14(20)5-9-16/h2-11H,12H2,1H3,(H,21,25). The van der Waals surface area contributed by atoms with E-state index >= 15 is 0 Å². The second-order valence-corrected chi connectivity index (χ2v) is 5.56. The van der Waals surface area contributed by atoms with Crippen LogP contribution in [0.1, 0.15) is 16.1 Å². The molecular formula is C19H16FN3O3. The smallest absolute Gasteiger partial charge is 0.271 e. The number of benzene rings is 2. The average Bonchev–Trinajstić information content (AvgIpc) is 2.65. The predicted molar refractivity (Wildman–Crippen MR) is 93.6 cm³/mol. The summed E-state index contributed by atoms with van der Waals surface area (Å²) in [5.41, 5.74) is 0.760. The Morgan fingerprint density at radius 3 is 2.27 bits per heavy atom. The Morgan fingerprint density at radius 2 is 1.65 bits per heavy atom. The first-order valence-electron chi connectivity index (χ1n) is 7.86. The van der Waals surface area contributed by atoms with Crippen LogP contribution < -0.4 is 15.6 Å². The second-order valence-electron chi connectivity index (χ2n) is 5.56. The Hall–Kier alpha value is -3.48. The number of rotatable bonds is 5. The molecule has 0 fully saturated rings. The number of aromatic nitrogens is 2. The molecule has 26 heavy (non-hydrogen) atoms. The summed E-state index contributed by atoms with van der Waals surface area (Å²) in [6, 6.07) is 15.6. The number of hydrogen-bond donors (Lipinski definition) is 1. The van der Waals surface area contributed by atoms with Crippen molar-refractivity contribution in [1.29, 1.82) is 0 Å². The fourth-order valence-electron chi connectivity index (χ4n) is 2.21. The summed E-state index contributed by atoms with van der Waals surface area (Å²) in [4.78, 5) is 23.4. The van der Waals surface area contributed by atoms with Gasteiger partial charge in [-0.05, 0) is 48.0 Å². The lowest BCUT2D eigenvalue weighted by molar-refractivity contribution is 0.0943. The Kier molecular flexibility index (Phi) is 5.07. The number of carbonyl (C=O) groups excluding carboxylic acids is 1. The molecule has 0 saturated carbocycles. The minimum Gasteiger partial charge on any atom is -0.457 e. The van der Waals surface area contributed by atoms with Gasteiger partial charge < -0.3 is 10.1 Å². The number of carbonyl (C=O) groups is 1. The highest BCUT2D eigenvalue weighted by Crippen LogP contribution is 2.21. The van der Waals surface area contributed by atoms with Gasteiger partial charge in [0, 0.05) is 19.7 Å². The molecule has 1 aromatic heterocycles. The normalized spacial score (nSPS) is 10.4. The number of ether oxygens (including phenoxy) is 1. The lowest BCUT2D eigenvalue weighted by atomic mass is 10.2. The molecule has 1 N–H and O–H groups in total. The van der Waals surface area contributed by atoms with Crippen molar-refractivity contribution in [3.63, 3.8) is 0 Å². The first-order valence-corrected chi connectivity index (χ1v) is 7.86. The van der Waals surface area contributed by atoms with Crippen LogP contribution in [0.2, 0.25) is 0 Å². The number of amides is 1. The molecule has 0 atom stereocenters. The van der Waals surface area contributed by atoms with Crippen molar-refractivity contribution >= 4 is 5.91 Å². The van der Waals surface area contributed by atoms with E-state index in [0.29, 0.717) is 18.0 Å². The van der Waals surface area contributed by atoms with Gasteiger partial charge in [0.2, 0.25) is 0 Å². The quantitative estimate of drug-likeness (QED) is 0.765. The van der Waals surface area contributed by atoms with E-state index in [1.165, 1.54) is 31.3 Å². The van der Waals surface area contributed by atoms with Crippen LogP contribution >= 0.6 is 0 Å². The van der Waals surface area contributed by atoms with Gasteiger partial charge in [0.05, 0.1) is 0 Å². The highest BCUT2D eigenvalue weighted by Gasteiger charge is 2.08. The van der Waals surface area contributed by atoms with Crippen LogP contribution in [0.5, 0.6) is 11.5 Å². The topological polar surface area (TPSA) is 73.2 Å². The summed E-state index contributed by atoms with van der Waals surface area (Å²) < 4.78 is 19.6. The van der Waals surface area contributed by atoms with Crippen molar-refractivity contribution in [3.8, 4) is 11.5 Å². The third kappa shape index (κ3) is 4.32. The van der Waals surface area contributed by atoms with Crippen LogP contribution in [0, 0.1) is 5.82 Å². The predicted octanol–water partition coefficient (Wildman–Crippen LogP) is 2.64. The van der Waals surface area contributed by atoms with E-state index in [2.05, 4.69) is 10.4 Å². The van der Waals surface area contributed by atoms with Gasteiger partial charge in [0.1, 0.15) is 23.0 Å². The van der Waals surface area contributed by atoms with Crippen molar-refractivity contribution < 1.29 is 13.9 Å². The molecule has 1 heterocycles. The van der Waals surface area contributed by atoms with Crippen molar-refractivity contribution in [2.75, 3.05) is 0 Å². The highest BCUT2D eigenvalue weighted by molar-refractivity contribution is 5.91. The van der Waals surface area contributed by atoms with Gasteiger partial charge >= 0.3 is 0 Å². The van der Waals surface area contributed by atoms with E-state index in [-0.39, 0.29) is 23.0 Å². The van der Waals surface area contributed by atoms with E-state index in [4.69, 9.17) is 4.74 Å². The average molecular weight is 353 g/mol. The lowest BCUT2D eigenvalue weighted by Gasteiger charge is -2.08. The maximum Gasteiger partial charge on any atom is 0.271 e. The van der Waals surface area contributed by atoms with Gasteiger partial charge in [0.25, 0.3) is 11.5 Å². The van der Waals surface area contributed by atoms with Crippen LogP contribution in [0.4, 0.5) is 4.39 Å². The van der Waals surface area contributed by atoms with Gasteiger partial charge in [-0.2, -0.15) is 5.10 Å². The molecule has 0 bridgehead atoms. The molecule has 6 nitrogen and oxygen atoms in total. The maximum atomic E-state index is 12.9. The lowest BCUT2D eigenvalue weighted by Crippen LogP contribution is -2.28. The molecular weight excluding hydrogens is 337 g/mol. The fraction of sp³-hybridized carbons (Fsp3) is 0.105. The van der Waals surface area contributed by atoms with E-state index in [1.54, 1.807) is 24.3 Å². The number of hydrogen-bond acceptors (Lipinski definition) is 4. The summed E-state index contributed by atoms with van der Waals surface area (Å²) >= 11 is 0. The van der Waals surface area contributed by atoms with E-state index in [9.17, 15) is 14.0 Å². The summed E-state index contributed by atoms with van der Waals surface area (Å²) in [6.45, 7) is 0.306. The zero-order valence-corrected chi connectivity index (χ0v) is 14.0. The molecule has 0 unspecified atom stereocenters. The van der Waals surface area contributed by atoms with Crippen LogP contribution in [0.25, 0.3) is 0 Å². The summed E-state index contributed by atoms with van der Waals surface area (Å²) in [5, 5.41) is 6.64. The maximum absolute atomic E-state index is 12.9. The van der Waals surface area contributed by atoms with Crippen molar-refractivity contribution in [2.45, 2.75) is 6.54 Å². The van der Waals surface area contributed by atoms with Gasteiger partial charge in [0.15, 0.2) is 0 Å². The highest BCUT2D eigenvalue weighted by atomic mass is 19.1. The first-order chi connectivity index (χ1) is 12.5. The van der Waals surface area contributed by atoms with Crippen LogP contribution in [-0.2, 0) is 13.6 Å². The molecule has 1 amide bonds. The van der Waals surface area contributed by atoms with Crippen molar-refractivity contribution in [3.05, 3.63) is 88.1 Å². The van der Waals surface area contributed by atoms with Crippen LogP contribution in [0.15, 0.2) is 65.5 Å². The zero-order valence-electron chi connectivity index (χ0n) is 14.0. The third-order valence-electron chi connectivity index (χ3n) is 3.62. The monoisotopic (exact) mass is 353 g/mol. The number of aryl methyl sites for hydroxylation is 1. The molecule has 2 aromatic carbocycles. The van der Waals surface area contributed by atoms with Crippen molar-refractivity contribution in [1.82, 2.24) is 15.1 Å². The molecule has 0 spiro atoms. The van der Waals surface area contributed by atoms with Gasteiger partial charge in [-0.3, -0.25) is 9.59 Å². The Balaban J connectivity index is 1.58. The Morgan fingerprint density at radius 1 is 1.04 bits per heavy atom. The summed E-state index contributed by atoms with van der Waals surface area (Å²) in [7, 11) is 1.49. The molecule has 132 valence electrons. The minimum absolute atomic E-state index is 0.170. The zero-order chi connectivity index (χ0) is 18.5. The molecule has 0 radical (unpaired) electrons. The molecule has 3 rings (SSSR count). The molecule has 0 aliphatic carbocycles. The van der Waals surface area contributed by atoms with Crippen LogP contribution in [-0.4, -0.2) is 15.7 Å². The molecule has 0 saturated heterocycles. The molecule has 3 aromatic rings.